The maximum atomic E-state index is 14.9. The number of anilines is 3. The quantitative estimate of drug-likeness (QED) is 0.320. The molecule has 0 fully saturated rings. The van der Waals surface area contributed by atoms with E-state index in [9.17, 15) is 26.0 Å². The zero-order chi connectivity index (χ0) is 23.8. The molecule has 0 saturated heterocycles. The van der Waals surface area contributed by atoms with Crippen LogP contribution in [-0.4, -0.2) is 36.6 Å². The molecule has 0 aliphatic rings. The topological polar surface area (TPSA) is 52.7 Å². The van der Waals surface area contributed by atoms with Crippen molar-refractivity contribution in [2.75, 3.05) is 42.7 Å². The fourth-order valence-electron chi connectivity index (χ4n) is 3.21. The average molecular weight is 467 g/mol. The van der Waals surface area contributed by atoms with E-state index < -0.39 is 44.5 Å². The van der Waals surface area contributed by atoms with Crippen LogP contribution in [0.15, 0.2) is 53.4 Å². The summed E-state index contributed by atoms with van der Waals surface area (Å²) < 4.78 is 85.3. The number of halogens is 4. The van der Waals surface area contributed by atoms with Crippen molar-refractivity contribution < 1.29 is 26.0 Å². The van der Waals surface area contributed by atoms with Gasteiger partial charge in [0.25, 0.3) is 10.0 Å². The van der Waals surface area contributed by atoms with Crippen LogP contribution in [0.2, 0.25) is 0 Å². The van der Waals surface area contributed by atoms with E-state index in [0.717, 1.165) is 0 Å². The normalized spacial score (nSPS) is 11.4. The van der Waals surface area contributed by atoms with Crippen LogP contribution in [-0.2, 0) is 10.0 Å². The number of nitrogens with one attached hydrogen (secondary N) is 1. The molecule has 0 bridgehead atoms. The molecule has 0 spiro atoms. The minimum absolute atomic E-state index is 0.0413. The molecule has 0 radical (unpaired) electrons. The van der Waals surface area contributed by atoms with E-state index in [1.807, 2.05) is 4.72 Å². The van der Waals surface area contributed by atoms with Gasteiger partial charge in [0.2, 0.25) is 0 Å². The molecule has 3 aromatic carbocycles. The summed E-state index contributed by atoms with van der Waals surface area (Å²) in [6.07, 6.45) is 0. The van der Waals surface area contributed by atoms with Crippen LogP contribution in [0.5, 0.6) is 0 Å². The lowest BCUT2D eigenvalue weighted by Crippen LogP contribution is -2.18. The van der Waals surface area contributed by atoms with Crippen molar-refractivity contribution in [1.82, 2.24) is 0 Å². The maximum Gasteiger partial charge on any atom is 0.262 e. The molecule has 0 aromatic heterocycles. The molecule has 5 nitrogen and oxygen atoms in total. The van der Waals surface area contributed by atoms with Gasteiger partial charge in [0.1, 0.15) is 0 Å². The lowest BCUT2D eigenvalue weighted by molar-refractivity contribution is 0.413. The molecule has 0 unspecified atom stereocenters. The summed E-state index contributed by atoms with van der Waals surface area (Å²) in [4.78, 5) is 3.22. The van der Waals surface area contributed by atoms with Crippen LogP contribution in [0.3, 0.4) is 0 Å². The monoisotopic (exact) mass is 467 g/mol. The highest BCUT2D eigenvalue weighted by atomic mass is 32.2. The van der Waals surface area contributed by atoms with Crippen molar-refractivity contribution in [2.24, 2.45) is 0 Å². The summed E-state index contributed by atoms with van der Waals surface area (Å²) in [5.74, 6) is -7.71. The first-order chi connectivity index (χ1) is 15.0. The fraction of sp³-hybridized carbons (Fsp3) is 0.182. The summed E-state index contributed by atoms with van der Waals surface area (Å²) in [6, 6.07) is 11.3. The van der Waals surface area contributed by atoms with Gasteiger partial charge in [0, 0.05) is 33.8 Å². The molecule has 0 amide bonds. The lowest BCUT2D eigenvalue weighted by atomic mass is 10.0. The molecule has 0 aliphatic heterocycles. The number of hydrogen-bond acceptors (Lipinski definition) is 4. The highest BCUT2D eigenvalue weighted by molar-refractivity contribution is 7.92. The second-order valence-corrected chi connectivity index (χ2v) is 9.10. The predicted molar refractivity (Wildman–Crippen MR) is 118 cm³/mol. The van der Waals surface area contributed by atoms with Crippen molar-refractivity contribution in [3.05, 3.63) is 71.8 Å². The van der Waals surface area contributed by atoms with E-state index >= 15 is 0 Å². The Hall–Kier alpha value is -3.27. The zero-order valence-electron chi connectivity index (χ0n) is 17.7. The molecule has 0 atom stereocenters. The molecular weight excluding hydrogens is 446 g/mol. The van der Waals surface area contributed by atoms with Gasteiger partial charge in [-0.2, -0.15) is 0 Å². The van der Waals surface area contributed by atoms with Crippen molar-refractivity contribution in [3.63, 3.8) is 0 Å². The molecule has 1 N–H and O–H groups in total. The minimum Gasteiger partial charge on any atom is -0.376 e. The zero-order valence-corrected chi connectivity index (χ0v) is 18.6. The van der Waals surface area contributed by atoms with Crippen molar-refractivity contribution in [2.45, 2.75) is 4.90 Å². The first-order valence-corrected chi connectivity index (χ1v) is 10.9. The second-order valence-electron chi connectivity index (χ2n) is 7.42. The van der Waals surface area contributed by atoms with E-state index in [1.54, 1.807) is 50.1 Å². The molecule has 10 heteroatoms. The predicted octanol–water partition coefficient (Wildman–Crippen LogP) is 4.84. The van der Waals surface area contributed by atoms with Crippen LogP contribution < -0.4 is 14.5 Å². The number of rotatable bonds is 6. The standard InChI is InChI=1S/C22H21F4N3O2S/c1-28(2)15-11-10-13(12-16(15)29(3)4)17-18(23)19(24)20(25)21(26)22(17)27-32(30,31)14-8-6-5-7-9-14/h5-12,27H,1-4H3. The summed E-state index contributed by atoms with van der Waals surface area (Å²) in [7, 11) is 2.56. The van der Waals surface area contributed by atoms with E-state index in [0.29, 0.717) is 11.4 Å². The van der Waals surface area contributed by atoms with Crippen LogP contribution in [0, 0.1) is 23.3 Å². The Kier molecular flexibility index (Phi) is 6.36. The van der Waals surface area contributed by atoms with E-state index in [1.165, 1.54) is 36.4 Å². The summed E-state index contributed by atoms with van der Waals surface area (Å²) in [5, 5.41) is 0. The first-order valence-electron chi connectivity index (χ1n) is 9.38. The number of hydrogen-bond donors (Lipinski definition) is 1. The molecule has 0 saturated carbocycles. The van der Waals surface area contributed by atoms with Gasteiger partial charge < -0.3 is 9.80 Å². The Balaban J connectivity index is 2.29. The van der Waals surface area contributed by atoms with E-state index in [2.05, 4.69) is 0 Å². The lowest BCUT2D eigenvalue weighted by Gasteiger charge is -2.24. The van der Waals surface area contributed by atoms with Crippen LogP contribution in [0.25, 0.3) is 11.1 Å². The van der Waals surface area contributed by atoms with Crippen molar-refractivity contribution in [1.29, 1.82) is 0 Å². The Morgan fingerprint density at radius 1 is 0.719 bits per heavy atom. The van der Waals surface area contributed by atoms with Gasteiger partial charge in [-0.25, -0.2) is 26.0 Å². The Bertz CT molecular complexity index is 1260. The third-order valence-electron chi connectivity index (χ3n) is 4.78. The highest BCUT2D eigenvalue weighted by Gasteiger charge is 2.29. The summed E-state index contributed by atoms with van der Waals surface area (Å²) in [6.45, 7) is 0. The Labute approximate surface area is 183 Å². The summed E-state index contributed by atoms with van der Waals surface area (Å²) in [5.41, 5.74) is -0.523. The fourth-order valence-corrected chi connectivity index (χ4v) is 4.30. The first kappa shape index (κ1) is 23.4. The van der Waals surface area contributed by atoms with Gasteiger partial charge in [-0.3, -0.25) is 4.72 Å². The van der Waals surface area contributed by atoms with Gasteiger partial charge in [0.05, 0.1) is 22.0 Å². The second kappa shape index (κ2) is 8.70. The van der Waals surface area contributed by atoms with Crippen molar-refractivity contribution in [3.8, 4) is 11.1 Å². The number of benzene rings is 3. The molecule has 0 heterocycles. The van der Waals surface area contributed by atoms with Gasteiger partial charge >= 0.3 is 0 Å². The number of nitrogens with zero attached hydrogens (tertiary/aromatic N) is 2. The van der Waals surface area contributed by atoms with Gasteiger partial charge in [-0.15, -0.1) is 0 Å². The highest BCUT2D eigenvalue weighted by Crippen LogP contribution is 2.40. The molecule has 0 aliphatic carbocycles. The van der Waals surface area contributed by atoms with E-state index in [4.69, 9.17) is 0 Å². The van der Waals surface area contributed by atoms with E-state index in [-0.39, 0.29) is 10.5 Å². The SMILES string of the molecule is CN(C)c1ccc(-c2c(F)c(F)c(F)c(F)c2NS(=O)(=O)c2ccccc2)cc1N(C)C. The van der Waals surface area contributed by atoms with Crippen LogP contribution in [0.4, 0.5) is 34.6 Å². The van der Waals surface area contributed by atoms with Gasteiger partial charge in [-0.05, 0) is 29.8 Å². The Morgan fingerprint density at radius 3 is 1.84 bits per heavy atom. The molecule has 3 rings (SSSR count). The van der Waals surface area contributed by atoms with Crippen LogP contribution >= 0.6 is 0 Å². The third-order valence-corrected chi connectivity index (χ3v) is 6.15. The molecule has 170 valence electrons. The minimum atomic E-state index is -4.43. The molecule has 3 aromatic rings. The van der Waals surface area contributed by atoms with Gasteiger partial charge in [0.15, 0.2) is 23.3 Å². The third kappa shape index (κ3) is 4.22. The van der Waals surface area contributed by atoms with Crippen molar-refractivity contribution >= 4 is 27.1 Å². The largest absolute Gasteiger partial charge is 0.376 e. The average Bonchev–Trinajstić information content (AvgIpc) is 2.76. The summed E-state index contributed by atoms with van der Waals surface area (Å²) >= 11 is 0. The maximum absolute atomic E-state index is 14.9. The molecular formula is C22H21F4N3O2S. The Morgan fingerprint density at radius 2 is 1.28 bits per heavy atom. The molecule has 32 heavy (non-hydrogen) atoms. The van der Waals surface area contributed by atoms with Crippen LogP contribution in [0.1, 0.15) is 0 Å². The number of sulfonamides is 1. The smallest absolute Gasteiger partial charge is 0.262 e. The van der Waals surface area contributed by atoms with Gasteiger partial charge in [-0.1, -0.05) is 24.3 Å².